The quantitative estimate of drug-likeness (QED) is 0.573. The second kappa shape index (κ2) is 7.46. The Labute approximate surface area is 166 Å². The minimum Gasteiger partial charge on any atom is -0.448 e. The standard InChI is InChI=1S/C21H16F2O5S/c1-13-6-8-15(9-7-13)29(24,25)26-12-20-27-19-11-14(22)10-17(21(19)28-20)16-4-2-3-5-18(16)23/h2-11,20H,12H2,1H3. The van der Waals surface area contributed by atoms with Crippen molar-refractivity contribution in [3.05, 3.63) is 77.9 Å². The van der Waals surface area contributed by atoms with Gasteiger partial charge in [-0.05, 0) is 31.2 Å². The fraction of sp³-hybridized carbons (Fsp3) is 0.143. The average Bonchev–Trinajstić information content (AvgIpc) is 3.09. The predicted octanol–water partition coefficient (Wildman–Crippen LogP) is 4.44. The summed E-state index contributed by atoms with van der Waals surface area (Å²) >= 11 is 0. The summed E-state index contributed by atoms with van der Waals surface area (Å²) in [4.78, 5) is -0.00305. The Balaban J connectivity index is 1.54. The lowest BCUT2D eigenvalue weighted by Crippen LogP contribution is -2.26. The number of rotatable bonds is 5. The Morgan fingerprint density at radius 2 is 1.69 bits per heavy atom. The van der Waals surface area contributed by atoms with Gasteiger partial charge in [-0.25, -0.2) is 8.78 Å². The van der Waals surface area contributed by atoms with E-state index >= 15 is 0 Å². The van der Waals surface area contributed by atoms with E-state index in [0.29, 0.717) is 0 Å². The van der Waals surface area contributed by atoms with Gasteiger partial charge in [-0.2, -0.15) is 8.42 Å². The Bertz CT molecular complexity index is 1160. The minimum absolute atomic E-state index is 0.00305. The number of ether oxygens (including phenoxy) is 2. The van der Waals surface area contributed by atoms with E-state index in [9.17, 15) is 17.2 Å². The second-order valence-electron chi connectivity index (χ2n) is 6.48. The zero-order valence-corrected chi connectivity index (χ0v) is 16.1. The van der Waals surface area contributed by atoms with Gasteiger partial charge in [0, 0.05) is 17.2 Å². The molecule has 3 aromatic carbocycles. The first-order chi connectivity index (χ1) is 13.8. The summed E-state index contributed by atoms with van der Waals surface area (Å²) in [5, 5.41) is 0. The number of benzene rings is 3. The van der Waals surface area contributed by atoms with Gasteiger partial charge in [-0.15, -0.1) is 0 Å². The molecule has 1 atom stereocenters. The van der Waals surface area contributed by atoms with Crippen LogP contribution in [0.15, 0.2) is 65.6 Å². The fourth-order valence-corrected chi connectivity index (χ4v) is 3.84. The Morgan fingerprint density at radius 1 is 0.966 bits per heavy atom. The smallest absolute Gasteiger partial charge is 0.297 e. The Kier molecular flexibility index (Phi) is 4.97. The molecule has 0 saturated heterocycles. The molecular weight excluding hydrogens is 402 g/mol. The highest BCUT2D eigenvalue weighted by atomic mass is 32.2. The van der Waals surface area contributed by atoms with Crippen molar-refractivity contribution in [1.82, 2.24) is 0 Å². The maximum absolute atomic E-state index is 14.2. The molecule has 150 valence electrons. The molecule has 3 aromatic rings. The summed E-state index contributed by atoms with van der Waals surface area (Å²) in [6.07, 6.45) is -1.13. The van der Waals surface area contributed by atoms with Crippen molar-refractivity contribution in [2.45, 2.75) is 18.1 Å². The zero-order valence-electron chi connectivity index (χ0n) is 15.3. The summed E-state index contributed by atoms with van der Waals surface area (Å²) in [5.41, 5.74) is 1.22. The van der Waals surface area contributed by atoms with Crippen LogP contribution in [0.2, 0.25) is 0 Å². The molecule has 29 heavy (non-hydrogen) atoms. The summed E-state index contributed by atoms with van der Waals surface area (Å²) < 4.78 is 68.9. The summed E-state index contributed by atoms with van der Waals surface area (Å²) in [5.74, 6) is -1.02. The highest BCUT2D eigenvalue weighted by Crippen LogP contribution is 2.44. The maximum atomic E-state index is 14.2. The van der Waals surface area contributed by atoms with Gasteiger partial charge in [0.1, 0.15) is 18.2 Å². The van der Waals surface area contributed by atoms with E-state index < -0.39 is 34.6 Å². The molecule has 1 aliphatic rings. The molecule has 0 spiro atoms. The van der Waals surface area contributed by atoms with Crippen LogP contribution in [0.1, 0.15) is 5.56 Å². The first kappa shape index (κ1) is 19.4. The number of hydrogen-bond donors (Lipinski definition) is 0. The van der Waals surface area contributed by atoms with E-state index in [-0.39, 0.29) is 27.5 Å². The van der Waals surface area contributed by atoms with Gasteiger partial charge in [-0.1, -0.05) is 35.9 Å². The van der Waals surface area contributed by atoms with Crippen LogP contribution in [-0.4, -0.2) is 21.3 Å². The van der Waals surface area contributed by atoms with Gasteiger partial charge in [0.2, 0.25) is 0 Å². The van der Waals surface area contributed by atoms with E-state index in [4.69, 9.17) is 13.7 Å². The molecule has 0 aromatic heterocycles. The number of halogens is 2. The number of aryl methyl sites for hydroxylation is 1. The molecule has 1 unspecified atom stereocenters. The molecule has 8 heteroatoms. The SMILES string of the molecule is Cc1ccc(S(=O)(=O)OCC2Oc3cc(F)cc(-c4ccccc4F)c3O2)cc1. The third kappa shape index (κ3) is 3.94. The zero-order chi connectivity index (χ0) is 20.6. The fourth-order valence-electron chi connectivity index (χ4n) is 2.94. The van der Waals surface area contributed by atoms with E-state index in [2.05, 4.69) is 0 Å². The summed E-state index contributed by atoms with van der Waals surface area (Å²) in [6.45, 7) is 1.38. The van der Waals surface area contributed by atoms with Crippen LogP contribution in [0.4, 0.5) is 8.78 Å². The topological polar surface area (TPSA) is 61.8 Å². The van der Waals surface area contributed by atoms with Crippen LogP contribution in [-0.2, 0) is 14.3 Å². The molecule has 0 bridgehead atoms. The maximum Gasteiger partial charge on any atom is 0.297 e. The lowest BCUT2D eigenvalue weighted by molar-refractivity contribution is 0.00987. The van der Waals surface area contributed by atoms with Crippen LogP contribution in [0, 0.1) is 18.6 Å². The Hall–Kier alpha value is -2.97. The molecule has 1 heterocycles. The lowest BCUT2D eigenvalue weighted by atomic mass is 10.0. The first-order valence-corrected chi connectivity index (χ1v) is 10.1. The predicted molar refractivity (Wildman–Crippen MR) is 101 cm³/mol. The molecule has 5 nitrogen and oxygen atoms in total. The molecule has 4 rings (SSSR count). The van der Waals surface area contributed by atoms with Crippen molar-refractivity contribution in [3.63, 3.8) is 0 Å². The van der Waals surface area contributed by atoms with Crippen molar-refractivity contribution in [2.24, 2.45) is 0 Å². The highest BCUT2D eigenvalue weighted by Gasteiger charge is 2.31. The van der Waals surface area contributed by atoms with Crippen molar-refractivity contribution >= 4 is 10.1 Å². The normalized spacial score (nSPS) is 15.5. The lowest BCUT2D eigenvalue weighted by Gasteiger charge is -2.12. The van der Waals surface area contributed by atoms with E-state index in [1.54, 1.807) is 18.2 Å². The monoisotopic (exact) mass is 418 g/mol. The van der Waals surface area contributed by atoms with Crippen LogP contribution in [0.3, 0.4) is 0 Å². The Morgan fingerprint density at radius 3 is 2.41 bits per heavy atom. The van der Waals surface area contributed by atoms with Gasteiger partial charge in [0.25, 0.3) is 16.4 Å². The van der Waals surface area contributed by atoms with Crippen LogP contribution in [0.5, 0.6) is 11.5 Å². The second-order valence-corrected chi connectivity index (χ2v) is 8.09. The highest BCUT2D eigenvalue weighted by molar-refractivity contribution is 7.86. The summed E-state index contributed by atoms with van der Waals surface area (Å²) in [6, 6.07) is 14.2. The van der Waals surface area contributed by atoms with Gasteiger partial charge < -0.3 is 9.47 Å². The van der Waals surface area contributed by atoms with Crippen molar-refractivity contribution in [3.8, 4) is 22.6 Å². The van der Waals surface area contributed by atoms with Crippen molar-refractivity contribution in [2.75, 3.05) is 6.61 Å². The van der Waals surface area contributed by atoms with E-state index in [1.165, 1.54) is 30.3 Å². The third-order valence-corrected chi connectivity index (χ3v) is 5.66. The van der Waals surface area contributed by atoms with Crippen LogP contribution < -0.4 is 9.47 Å². The molecule has 0 N–H and O–H groups in total. The molecule has 0 aliphatic carbocycles. The molecule has 0 radical (unpaired) electrons. The molecule has 0 saturated carbocycles. The number of fused-ring (bicyclic) bond motifs is 1. The summed E-state index contributed by atoms with van der Waals surface area (Å²) in [7, 11) is -4.02. The molecule has 0 amide bonds. The average molecular weight is 418 g/mol. The minimum atomic E-state index is -4.02. The number of hydrogen-bond acceptors (Lipinski definition) is 5. The van der Waals surface area contributed by atoms with Crippen molar-refractivity contribution in [1.29, 1.82) is 0 Å². The van der Waals surface area contributed by atoms with E-state index in [0.717, 1.165) is 17.7 Å². The van der Waals surface area contributed by atoms with E-state index in [1.807, 2.05) is 6.92 Å². The van der Waals surface area contributed by atoms with Gasteiger partial charge in [0.05, 0.1) is 4.90 Å². The molecule has 1 aliphatic heterocycles. The first-order valence-electron chi connectivity index (χ1n) is 8.71. The van der Waals surface area contributed by atoms with Gasteiger partial charge in [0.15, 0.2) is 11.5 Å². The molecular formula is C21H16F2O5S. The van der Waals surface area contributed by atoms with Crippen LogP contribution in [0.25, 0.3) is 11.1 Å². The van der Waals surface area contributed by atoms with Crippen LogP contribution >= 0.6 is 0 Å². The third-order valence-electron chi connectivity index (χ3n) is 4.36. The molecule has 0 fully saturated rings. The largest absolute Gasteiger partial charge is 0.448 e. The van der Waals surface area contributed by atoms with Crippen molar-refractivity contribution < 1.29 is 30.9 Å². The van der Waals surface area contributed by atoms with Gasteiger partial charge >= 0.3 is 0 Å². The van der Waals surface area contributed by atoms with Gasteiger partial charge in [-0.3, -0.25) is 4.18 Å².